The Balaban J connectivity index is 2.00. The quantitative estimate of drug-likeness (QED) is 0.586. The number of hydrogen-bond acceptors (Lipinski definition) is 5. The van der Waals surface area contributed by atoms with Gasteiger partial charge in [-0.2, -0.15) is 0 Å². The zero-order valence-corrected chi connectivity index (χ0v) is 15.9. The van der Waals surface area contributed by atoms with E-state index in [1.54, 1.807) is 36.1 Å². The highest BCUT2D eigenvalue weighted by Crippen LogP contribution is 2.25. The minimum atomic E-state index is -0.542. The van der Waals surface area contributed by atoms with E-state index in [4.69, 9.17) is 14.2 Å². The van der Waals surface area contributed by atoms with Gasteiger partial charge in [0, 0.05) is 13.0 Å². The van der Waals surface area contributed by atoms with Gasteiger partial charge in [0.2, 0.25) is 0 Å². The molecule has 0 saturated carbocycles. The molecule has 142 valence electrons. The first-order valence-corrected chi connectivity index (χ1v) is 8.84. The minimum absolute atomic E-state index is 0.301. The summed E-state index contributed by atoms with van der Waals surface area (Å²) < 4.78 is 16.3. The number of esters is 1. The van der Waals surface area contributed by atoms with Crippen LogP contribution in [0.4, 0.5) is 4.79 Å². The Morgan fingerprint density at radius 2 is 1.88 bits per heavy atom. The fourth-order valence-corrected chi connectivity index (χ4v) is 2.62. The number of benzene rings is 1. The van der Waals surface area contributed by atoms with Crippen LogP contribution < -0.4 is 4.74 Å². The topological polar surface area (TPSA) is 65.1 Å². The summed E-state index contributed by atoms with van der Waals surface area (Å²) in [5.74, 6) is 0.180. The molecule has 1 fully saturated rings. The van der Waals surface area contributed by atoms with Gasteiger partial charge in [0.15, 0.2) is 6.23 Å². The van der Waals surface area contributed by atoms with Crippen LogP contribution in [0.5, 0.6) is 5.75 Å². The molecule has 0 spiro atoms. The first-order chi connectivity index (χ1) is 12.2. The van der Waals surface area contributed by atoms with Crippen molar-refractivity contribution in [2.45, 2.75) is 52.4 Å². The molecular weight excluding hydrogens is 334 g/mol. The summed E-state index contributed by atoms with van der Waals surface area (Å²) in [4.78, 5) is 25.6. The molecule has 1 atom stereocenters. The summed E-state index contributed by atoms with van der Waals surface area (Å²) in [7, 11) is 0. The van der Waals surface area contributed by atoms with Crippen molar-refractivity contribution in [3.8, 4) is 5.75 Å². The van der Waals surface area contributed by atoms with Crippen LogP contribution in [0.1, 0.15) is 46.1 Å². The lowest BCUT2D eigenvalue weighted by atomic mass is 10.1. The number of hydrogen-bond donors (Lipinski definition) is 0. The molecule has 1 aromatic rings. The van der Waals surface area contributed by atoms with E-state index in [-0.39, 0.29) is 12.3 Å². The summed E-state index contributed by atoms with van der Waals surface area (Å²) in [6.45, 7) is 11.9. The predicted molar refractivity (Wildman–Crippen MR) is 98.7 cm³/mol. The molecule has 1 saturated heterocycles. The van der Waals surface area contributed by atoms with E-state index < -0.39 is 11.6 Å². The molecule has 0 aromatic heterocycles. The zero-order valence-electron chi connectivity index (χ0n) is 15.9. The van der Waals surface area contributed by atoms with Crippen molar-refractivity contribution < 1.29 is 23.8 Å². The summed E-state index contributed by atoms with van der Waals surface area (Å²) in [5, 5.41) is 0. The first kappa shape index (κ1) is 19.8. The fraction of sp³-hybridized carbons (Fsp3) is 0.500. The number of rotatable bonds is 5. The molecule has 1 aliphatic rings. The predicted octanol–water partition coefficient (Wildman–Crippen LogP) is 4.00. The molecule has 1 amide bonds. The maximum Gasteiger partial charge on any atom is 0.413 e. The summed E-state index contributed by atoms with van der Waals surface area (Å²) in [6.07, 6.45) is 0.884. The Bertz CT molecular complexity index is 660. The molecule has 6 heteroatoms. The van der Waals surface area contributed by atoms with E-state index in [0.717, 1.165) is 12.8 Å². The van der Waals surface area contributed by atoms with E-state index in [0.29, 0.717) is 30.0 Å². The Morgan fingerprint density at radius 1 is 1.23 bits per heavy atom. The van der Waals surface area contributed by atoms with Gasteiger partial charge < -0.3 is 14.2 Å². The molecule has 6 nitrogen and oxygen atoms in total. The van der Waals surface area contributed by atoms with Crippen LogP contribution in [0.15, 0.2) is 30.8 Å². The van der Waals surface area contributed by atoms with Crippen LogP contribution in [0.2, 0.25) is 0 Å². The molecular formula is C20H27NO5. The molecule has 0 bridgehead atoms. The van der Waals surface area contributed by atoms with Crippen LogP contribution in [0.3, 0.4) is 0 Å². The van der Waals surface area contributed by atoms with Crippen molar-refractivity contribution in [1.82, 2.24) is 4.90 Å². The third-order valence-corrected chi connectivity index (χ3v) is 3.82. The molecule has 2 rings (SSSR count). The monoisotopic (exact) mass is 361 g/mol. The Kier molecular flexibility index (Phi) is 6.29. The zero-order chi connectivity index (χ0) is 19.3. The molecule has 26 heavy (non-hydrogen) atoms. The highest BCUT2D eigenvalue weighted by Gasteiger charge is 2.33. The summed E-state index contributed by atoms with van der Waals surface area (Å²) in [6, 6.07) is 7.01. The van der Waals surface area contributed by atoms with Crippen LogP contribution in [-0.2, 0) is 14.3 Å². The lowest BCUT2D eigenvalue weighted by molar-refractivity contribution is -0.136. The largest absolute Gasteiger partial charge is 0.470 e. The molecule has 1 aliphatic heterocycles. The van der Waals surface area contributed by atoms with Crippen molar-refractivity contribution >= 4 is 17.6 Å². The van der Waals surface area contributed by atoms with Gasteiger partial charge in [-0.25, -0.2) is 9.59 Å². The van der Waals surface area contributed by atoms with Gasteiger partial charge in [0.1, 0.15) is 11.4 Å². The highest BCUT2D eigenvalue weighted by molar-refractivity contribution is 6.15. The Labute approximate surface area is 154 Å². The smallest absolute Gasteiger partial charge is 0.413 e. The highest BCUT2D eigenvalue weighted by atomic mass is 16.6. The standard InChI is InChI=1S/C20H27NO5/c1-6-24-18(22)14(2)15-9-11-16(12-10-15)25-17-8-7-13-21(17)19(23)26-20(3,4)5/h9-12,17H,2,6-8,13H2,1,3-5H3/t17-/m0/s1. The third kappa shape index (κ3) is 5.25. The minimum Gasteiger partial charge on any atom is -0.470 e. The van der Waals surface area contributed by atoms with E-state index in [1.807, 2.05) is 20.8 Å². The number of carbonyl (C=O) groups is 2. The van der Waals surface area contributed by atoms with Crippen LogP contribution >= 0.6 is 0 Å². The van der Waals surface area contributed by atoms with E-state index >= 15 is 0 Å². The molecule has 1 aromatic carbocycles. The van der Waals surface area contributed by atoms with Gasteiger partial charge >= 0.3 is 12.1 Å². The van der Waals surface area contributed by atoms with Gasteiger partial charge in [-0.05, 0) is 51.8 Å². The van der Waals surface area contributed by atoms with Crippen LogP contribution in [0.25, 0.3) is 5.57 Å². The molecule has 0 radical (unpaired) electrons. The maximum atomic E-state index is 12.3. The van der Waals surface area contributed by atoms with Crippen LogP contribution in [0, 0.1) is 0 Å². The number of likely N-dealkylation sites (tertiary alicyclic amines) is 1. The van der Waals surface area contributed by atoms with Gasteiger partial charge in [0.25, 0.3) is 0 Å². The van der Waals surface area contributed by atoms with Crippen molar-refractivity contribution in [1.29, 1.82) is 0 Å². The first-order valence-electron chi connectivity index (χ1n) is 8.84. The lowest BCUT2D eigenvalue weighted by Crippen LogP contribution is -2.42. The summed E-state index contributed by atoms with van der Waals surface area (Å²) >= 11 is 0. The van der Waals surface area contributed by atoms with E-state index in [9.17, 15) is 9.59 Å². The third-order valence-electron chi connectivity index (χ3n) is 3.82. The van der Waals surface area contributed by atoms with E-state index in [2.05, 4.69) is 6.58 Å². The normalized spacial score (nSPS) is 16.9. The van der Waals surface area contributed by atoms with E-state index in [1.165, 1.54) is 0 Å². The Morgan fingerprint density at radius 3 is 2.46 bits per heavy atom. The van der Waals surface area contributed by atoms with Crippen LogP contribution in [-0.4, -0.2) is 41.9 Å². The lowest BCUT2D eigenvalue weighted by Gasteiger charge is -2.28. The van der Waals surface area contributed by atoms with Gasteiger partial charge in [-0.15, -0.1) is 0 Å². The average molecular weight is 361 g/mol. The van der Waals surface area contributed by atoms with Gasteiger partial charge in [-0.1, -0.05) is 18.7 Å². The second kappa shape index (κ2) is 8.25. The average Bonchev–Trinajstić information content (AvgIpc) is 3.02. The fourth-order valence-electron chi connectivity index (χ4n) is 2.62. The molecule has 0 unspecified atom stereocenters. The van der Waals surface area contributed by atoms with Gasteiger partial charge in [0.05, 0.1) is 12.2 Å². The van der Waals surface area contributed by atoms with Crippen molar-refractivity contribution in [3.63, 3.8) is 0 Å². The summed E-state index contributed by atoms with van der Waals surface area (Å²) in [5.41, 5.74) is 0.431. The van der Waals surface area contributed by atoms with Gasteiger partial charge in [-0.3, -0.25) is 4.90 Å². The maximum absolute atomic E-state index is 12.3. The number of carbonyl (C=O) groups excluding carboxylic acids is 2. The number of ether oxygens (including phenoxy) is 3. The second-order valence-corrected chi connectivity index (χ2v) is 7.11. The molecule has 0 N–H and O–H groups in total. The SMILES string of the molecule is C=C(C(=O)OCC)c1ccc(O[C@H]2CCCN2C(=O)OC(C)(C)C)cc1. The Hall–Kier alpha value is -2.50. The van der Waals surface area contributed by atoms with Crippen molar-refractivity contribution in [2.24, 2.45) is 0 Å². The second-order valence-electron chi connectivity index (χ2n) is 7.11. The van der Waals surface area contributed by atoms with Crippen molar-refractivity contribution in [2.75, 3.05) is 13.2 Å². The number of amides is 1. The van der Waals surface area contributed by atoms with Crippen molar-refractivity contribution in [3.05, 3.63) is 36.4 Å². The molecule has 0 aliphatic carbocycles. The molecule has 1 heterocycles. The number of nitrogens with zero attached hydrogens (tertiary/aromatic N) is 1.